The van der Waals surface area contributed by atoms with Crippen LogP contribution in [0.25, 0.3) is 0 Å². The summed E-state index contributed by atoms with van der Waals surface area (Å²) >= 11 is 0. The number of nitrogens with zero attached hydrogens (tertiary/aromatic N) is 5. The number of hydrogen-bond acceptors (Lipinski definition) is 6. The van der Waals surface area contributed by atoms with Crippen molar-refractivity contribution in [2.75, 3.05) is 33.2 Å². The first-order valence-electron chi connectivity index (χ1n) is 14.6. The van der Waals surface area contributed by atoms with Gasteiger partial charge in [-0.15, -0.1) is 0 Å². The summed E-state index contributed by atoms with van der Waals surface area (Å²) in [6.07, 6.45) is 3.75. The first-order chi connectivity index (χ1) is 18.0. The van der Waals surface area contributed by atoms with Crippen LogP contribution in [0.15, 0.2) is 4.52 Å². The molecule has 0 radical (unpaired) electrons. The fourth-order valence-electron chi connectivity index (χ4n) is 6.82. The number of hydrogen-bond donors (Lipinski definition) is 0. The van der Waals surface area contributed by atoms with Crippen LogP contribution in [0.3, 0.4) is 0 Å². The van der Waals surface area contributed by atoms with Crippen molar-refractivity contribution in [2.45, 2.75) is 120 Å². The van der Waals surface area contributed by atoms with Gasteiger partial charge in [-0.1, -0.05) is 12.1 Å². The Labute approximate surface area is 224 Å². The lowest BCUT2D eigenvalue weighted by molar-refractivity contribution is -0.151. The number of alkyl halides is 3. The first-order valence-corrected chi connectivity index (χ1v) is 14.6. The van der Waals surface area contributed by atoms with Crippen molar-refractivity contribution in [1.29, 1.82) is 0 Å². The van der Waals surface area contributed by atoms with E-state index in [0.29, 0.717) is 62.6 Å². The van der Waals surface area contributed by atoms with E-state index in [2.05, 4.69) is 40.8 Å². The number of aromatic nitrogens is 2. The number of amides is 1. The number of rotatable bonds is 7. The lowest BCUT2D eigenvalue weighted by Crippen LogP contribution is -2.56. The van der Waals surface area contributed by atoms with Gasteiger partial charge in [0.25, 0.3) is 5.92 Å². The molecule has 10 heteroatoms. The van der Waals surface area contributed by atoms with Crippen molar-refractivity contribution >= 4 is 5.91 Å². The Hall–Kier alpha value is -1.68. The van der Waals surface area contributed by atoms with Crippen molar-refractivity contribution in [3.05, 3.63) is 11.7 Å². The molecule has 4 aliphatic rings. The maximum atomic E-state index is 15.3. The molecule has 2 aliphatic heterocycles. The molecule has 3 heterocycles. The van der Waals surface area contributed by atoms with Crippen LogP contribution in [0.5, 0.6) is 0 Å². The maximum Gasteiger partial charge on any atom is 0.252 e. The van der Waals surface area contributed by atoms with Gasteiger partial charge in [0, 0.05) is 55.4 Å². The van der Waals surface area contributed by atoms with E-state index < -0.39 is 18.0 Å². The molecule has 2 aliphatic carbocycles. The molecule has 1 amide bonds. The van der Waals surface area contributed by atoms with Gasteiger partial charge in [0.15, 0.2) is 5.82 Å². The molecule has 214 valence electrons. The van der Waals surface area contributed by atoms with E-state index >= 15 is 8.78 Å². The molecule has 2 saturated heterocycles. The second-order valence-electron chi connectivity index (χ2n) is 12.8. The summed E-state index contributed by atoms with van der Waals surface area (Å²) in [5.41, 5.74) is -0.371. The zero-order valence-electron chi connectivity index (χ0n) is 23.3. The van der Waals surface area contributed by atoms with Crippen LogP contribution < -0.4 is 0 Å². The second-order valence-corrected chi connectivity index (χ2v) is 12.8. The summed E-state index contributed by atoms with van der Waals surface area (Å²) in [6, 6.07) is 0.698. The molecule has 0 spiro atoms. The molecular formula is C28H44F3N5O2. The van der Waals surface area contributed by atoms with Crippen molar-refractivity contribution < 1.29 is 22.5 Å². The van der Waals surface area contributed by atoms with Crippen molar-refractivity contribution in [1.82, 2.24) is 24.8 Å². The Kier molecular flexibility index (Phi) is 7.86. The van der Waals surface area contributed by atoms with Crippen LogP contribution in [-0.4, -0.2) is 94.2 Å². The summed E-state index contributed by atoms with van der Waals surface area (Å²) in [4.78, 5) is 24.2. The average Bonchev–Trinajstić information content (AvgIpc) is 3.40. The first kappa shape index (κ1) is 27.9. The fourth-order valence-corrected chi connectivity index (χ4v) is 6.82. The topological polar surface area (TPSA) is 65.7 Å². The number of likely N-dealkylation sites (tertiary alicyclic amines) is 2. The Balaban J connectivity index is 1.19. The molecule has 7 nitrogen and oxygen atoms in total. The minimum absolute atomic E-state index is 0.105. The standard InChI is InChI=1S/C28H44F3N5O2/c1-18(2)34(4)19-7-12-35(13-8-19)23-6-5-9-28(30,31)21(23)17-24(37)36-14-10-27(3,11-15-36)26-32-25(38-33-26)20-16-22(20)29/h18-23H,5-17H2,1-4H3/t20-,21-,22+,23+/m1/s1. The van der Waals surface area contributed by atoms with E-state index in [1.165, 1.54) is 0 Å². The van der Waals surface area contributed by atoms with Gasteiger partial charge in [-0.25, -0.2) is 13.2 Å². The largest absolute Gasteiger partial charge is 0.343 e. The average molecular weight is 540 g/mol. The van der Waals surface area contributed by atoms with Gasteiger partial charge in [0.05, 0.1) is 5.92 Å². The minimum Gasteiger partial charge on any atom is -0.343 e. The Morgan fingerprint density at radius 2 is 1.79 bits per heavy atom. The summed E-state index contributed by atoms with van der Waals surface area (Å²) in [6.45, 7) is 8.99. The number of carbonyl (C=O) groups excluding carboxylic acids is 1. The zero-order chi connectivity index (χ0) is 27.2. The van der Waals surface area contributed by atoms with Crippen LogP contribution in [-0.2, 0) is 10.2 Å². The lowest BCUT2D eigenvalue weighted by Gasteiger charge is -2.47. The smallest absolute Gasteiger partial charge is 0.252 e. The monoisotopic (exact) mass is 539 g/mol. The molecule has 1 aromatic heterocycles. The van der Waals surface area contributed by atoms with E-state index in [1.807, 2.05) is 6.92 Å². The summed E-state index contributed by atoms with van der Waals surface area (Å²) < 4.78 is 49.3. The van der Waals surface area contributed by atoms with E-state index in [0.717, 1.165) is 32.4 Å². The predicted octanol–water partition coefficient (Wildman–Crippen LogP) is 4.77. The van der Waals surface area contributed by atoms with Gasteiger partial charge in [-0.05, 0) is 78.9 Å². The van der Waals surface area contributed by atoms with E-state index in [1.54, 1.807) is 4.90 Å². The van der Waals surface area contributed by atoms with Crippen LogP contribution in [0.2, 0.25) is 0 Å². The van der Waals surface area contributed by atoms with Crippen LogP contribution in [0.4, 0.5) is 13.2 Å². The highest BCUT2D eigenvalue weighted by molar-refractivity contribution is 5.76. The highest BCUT2D eigenvalue weighted by atomic mass is 19.3. The number of piperidine rings is 2. The molecule has 38 heavy (non-hydrogen) atoms. The van der Waals surface area contributed by atoms with Gasteiger partial charge < -0.3 is 14.3 Å². The number of carbonyl (C=O) groups is 1. The molecule has 2 saturated carbocycles. The highest BCUT2D eigenvalue weighted by Crippen LogP contribution is 2.45. The molecule has 0 unspecified atom stereocenters. The van der Waals surface area contributed by atoms with Gasteiger partial charge in [-0.3, -0.25) is 9.69 Å². The molecule has 5 rings (SSSR count). The summed E-state index contributed by atoms with van der Waals surface area (Å²) in [5, 5.41) is 4.11. The van der Waals surface area contributed by atoms with E-state index in [4.69, 9.17) is 4.52 Å². The normalized spacial score (nSPS) is 32.2. The third-order valence-corrected chi connectivity index (χ3v) is 10.0. The minimum atomic E-state index is -2.83. The summed E-state index contributed by atoms with van der Waals surface area (Å²) in [7, 11) is 2.15. The van der Waals surface area contributed by atoms with Crippen LogP contribution >= 0.6 is 0 Å². The molecule has 4 atom stereocenters. The lowest BCUT2D eigenvalue weighted by atomic mass is 9.76. The van der Waals surface area contributed by atoms with Gasteiger partial charge in [0.2, 0.25) is 11.8 Å². The molecule has 0 N–H and O–H groups in total. The zero-order valence-corrected chi connectivity index (χ0v) is 23.3. The SMILES string of the molecule is CC(C)N(C)C1CCN([C@H]2CCCC(F)(F)[C@@H]2CC(=O)N2CCC(C)(c3noc([C@@H]4C[C@@H]4F)n3)CC2)CC1. The van der Waals surface area contributed by atoms with Crippen LogP contribution in [0.1, 0.15) is 96.2 Å². The molecular weight excluding hydrogens is 495 g/mol. The third kappa shape index (κ3) is 5.62. The number of halogens is 3. The third-order valence-electron chi connectivity index (χ3n) is 10.0. The van der Waals surface area contributed by atoms with Gasteiger partial charge in [-0.2, -0.15) is 4.98 Å². The fraction of sp³-hybridized carbons (Fsp3) is 0.893. The van der Waals surface area contributed by atoms with Crippen molar-refractivity contribution in [3.63, 3.8) is 0 Å². The van der Waals surface area contributed by atoms with Crippen molar-refractivity contribution in [3.8, 4) is 0 Å². The quantitative estimate of drug-likeness (QED) is 0.497. The molecule has 0 bridgehead atoms. The Morgan fingerprint density at radius 1 is 1.13 bits per heavy atom. The Morgan fingerprint density at radius 3 is 2.39 bits per heavy atom. The maximum absolute atomic E-state index is 15.3. The highest BCUT2D eigenvalue weighted by Gasteiger charge is 2.51. The van der Waals surface area contributed by atoms with E-state index in [-0.39, 0.29) is 36.1 Å². The second kappa shape index (κ2) is 10.7. The van der Waals surface area contributed by atoms with Gasteiger partial charge >= 0.3 is 0 Å². The molecule has 0 aromatic carbocycles. The Bertz CT molecular complexity index is 971. The molecule has 1 aromatic rings. The van der Waals surface area contributed by atoms with Gasteiger partial charge in [0.1, 0.15) is 6.17 Å². The summed E-state index contributed by atoms with van der Waals surface area (Å²) in [5.74, 6) is -3.31. The predicted molar refractivity (Wildman–Crippen MR) is 138 cm³/mol. The van der Waals surface area contributed by atoms with Crippen molar-refractivity contribution in [2.24, 2.45) is 5.92 Å². The molecule has 4 fully saturated rings. The van der Waals surface area contributed by atoms with Crippen LogP contribution in [0, 0.1) is 5.92 Å². The van der Waals surface area contributed by atoms with E-state index in [9.17, 15) is 9.18 Å².